The lowest BCUT2D eigenvalue weighted by Crippen LogP contribution is -2.38. The Balaban J connectivity index is 2.32. The zero-order valence-corrected chi connectivity index (χ0v) is 14.9. The van der Waals surface area contributed by atoms with Crippen LogP contribution in [0.5, 0.6) is 0 Å². The van der Waals surface area contributed by atoms with E-state index in [4.69, 9.17) is 0 Å². The number of amides is 1. The molecule has 2 aromatic rings. The van der Waals surface area contributed by atoms with Crippen LogP contribution in [0.2, 0.25) is 0 Å². The summed E-state index contributed by atoms with van der Waals surface area (Å²) in [6, 6.07) is 11.1. The molecule has 138 valence electrons. The number of halogens is 1. The maximum absolute atomic E-state index is 13.2. The first kappa shape index (κ1) is 19.4. The van der Waals surface area contributed by atoms with Crippen LogP contribution in [0, 0.1) is 5.82 Å². The molecule has 26 heavy (non-hydrogen) atoms. The van der Waals surface area contributed by atoms with Gasteiger partial charge in [0.1, 0.15) is 12.4 Å². The van der Waals surface area contributed by atoms with E-state index in [-0.39, 0.29) is 16.9 Å². The van der Waals surface area contributed by atoms with Gasteiger partial charge in [-0.15, -0.1) is 0 Å². The monoisotopic (exact) mass is 380 g/mol. The summed E-state index contributed by atoms with van der Waals surface area (Å²) >= 11 is 0. The summed E-state index contributed by atoms with van der Waals surface area (Å²) in [5.74, 6) is -1.97. The Kier molecular flexibility index (Phi) is 5.93. The second kappa shape index (κ2) is 7.96. The Morgan fingerprint density at radius 2 is 1.85 bits per heavy atom. The first-order valence-electron chi connectivity index (χ1n) is 7.43. The van der Waals surface area contributed by atoms with Gasteiger partial charge in [-0.3, -0.25) is 9.10 Å². The van der Waals surface area contributed by atoms with Crippen LogP contribution in [0.15, 0.2) is 48.5 Å². The quantitative estimate of drug-likeness (QED) is 0.774. The van der Waals surface area contributed by atoms with E-state index in [0.717, 1.165) is 16.6 Å². The molecule has 0 fully saturated rings. The minimum Gasteiger partial charge on any atom is -0.465 e. The molecule has 0 saturated heterocycles. The Morgan fingerprint density at radius 3 is 2.46 bits per heavy atom. The number of anilines is 2. The summed E-state index contributed by atoms with van der Waals surface area (Å²) in [5, 5.41) is 2.42. The van der Waals surface area contributed by atoms with Crippen molar-refractivity contribution in [2.75, 3.05) is 29.5 Å². The Bertz CT molecular complexity index is 930. The highest BCUT2D eigenvalue weighted by Gasteiger charge is 2.25. The van der Waals surface area contributed by atoms with Crippen molar-refractivity contribution in [1.29, 1.82) is 0 Å². The van der Waals surface area contributed by atoms with E-state index in [9.17, 15) is 22.4 Å². The molecular weight excluding hydrogens is 363 g/mol. The summed E-state index contributed by atoms with van der Waals surface area (Å²) in [6.07, 6.45) is 0.913. The molecule has 0 spiro atoms. The smallest absolute Gasteiger partial charge is 0.340 e. The van der Waals surface area contributed by atoms with E-state index in [2.05, 4.69) is 10.1 Å². The first-order valence-corrected chi connectivity index (χ1v) is 9.27. The number of para-hydroxylation sites is 1. The predicted molar refractivity (Wildman–Crippen MR) is 95.0 cm³/mol. The van der Waals surface area contributed by atoms with Gasteiger partial charge in [0.15, 0.2) is 0 Å². The average molecular weight is 380 g/mol. The summed E-state index contributed by atoms with van der Waals surface area (Å²) in [7, 11) is -2.72. The van der Waals surface area contributed by atoms with E-state index in [1.807, 2.05) is 0 Å². The number of nitrogens with zero attached hydrogens (tertiary/aromatic N) is 1. The molecule has 1 N–H and O–H groups in total. The van der Waals surface area contributed by atoms with Crippen molar-refractivity contribution in [2.24, 2.45) is 0 Å². The van der Waals surface area contributed by atoms with Crippen molar-refractivity contribution >= 4 is 33.3 Å². The summed E-state index contributed by atoms with van der Waals surface area (Å²) < 4.78 is 43.0. The molecule has 2 aromatic carbocycles. The maximum Gasteiger partial charge on any atom is 0.340 e. The molecular formula is C17H17FN2O5S. The summed E-state index contributed by atoms with van der Waals surface area (Å²) in [4.78, 5) is 24.1. The molecule has 0 aliphatic heterocycles. The number of carbonyl (C=O) groups excluding carboxylic acids is 2. The fraction of sp³-hybridized carbons (Fsp3) is 0.176. The van der Waals surface area contributed by atoms with E-state index in [1.54, 1.807) is 6.07 Å². The minimum absolute atomic E-state index is 0.000944. The molecule has 0 aliphatic carbocycles. The van der Waals surface area contributed by atoms with Gasteiger partial charge < -0.3 is 10.1 Å². The lowest BCUT2D eigenvalue weighted by Gasteiger charge is -2.23. The van der Waals surface area contributed by atoms with Gasteiger partial charge in [0.2, 0.25) is 15.9 Å². The number of esters is 1. The van der Waals surface area contributed by atoms with E-state index in [0.29, 0.717) is 0 Å². The number of nitrogens with one attached hydrogen (secondary N) is 1. The van der Waals surface area contributed by atoms with Crippen molar-refractivity contribution < 1.29 is 27.1 Å². The van der Waals surface area contributed by atoms with Crippen molar-refractivity contribution in [2.45, 2.75) is 0 Å². The lowest BCUT2D eigenvalue weighted by molar-refractivity contribution is -0.114. The van der Waals surface area contributed by atoms with Gasteiger partial charge in [0, 0.05) is 5.69 Å². The van der Waals surface area contributed by atoms with E-state index in [1.165, 1.54) is 43.5 Å². The van der Waals surface area contributed by atoms with Crippen LogP contribution in [0.1, 0.15) is 10.4 Å². The van der Waals surface area contributed by atoms with Crippen LogP contribution in [-0.4, -0.2) is 40.2 Å². The molecule has 0 atom stereocenters. The topological polar surface area (TPSA) is 92.8 Å². The van der Waals surface area contributed by atoms with Gasteiger partial charge in [0.05, 0.1) is 24.6 Å². The lowest BCUT2D eigenvalue weighted by atomic mass is 10.2. The van der Waals surface area contributed by atoms with Crippen LogP contribution in [0.3, 0.4) is 0 Å². The summed E-state index contributed by atoms with van der Waals surface area (Å²) in [6.45, 7) is -0.594. The Hall–Kier alpha value is -2.94. The molecule has 0 saturated carbocycles. The normalized spacial score (nSPS) is 10.9. The van der Waals surface area contributed by atoms with Gasteiger partial charge in [-0.05, 0) is 30.3 Å². The molecule has 0 radical (unpaired) electrons. The van der Waals surface area contributed by atoms with Gasteiger partial charge in [-0.1, -0.05) is 18.2 Å². The van der Waals surface area contributed by atoms with E-state index >= 15 is 0 Å². The van der Waals surface area contributed by atoms with Crippen molar-refractivity contribution in [3.8, 4) is 0 Å². The number of carbonyl (C=O) groups is 2. The number of benzene rings is 2. The minimum atomic E-state index is -3.89. The molecule has 0 unspecified atom stereocenters. The standard InChI is InChI=1S/C17H17FN2O5S/c1-25-17(22)14-8-3-4-9-15(14)20(26(2,23)24)11-16(21)19-13-7-5-6-12(18)10-13/h3-10H,11H2,1-2H3,(H,19,21). The number of hydrogen-bond acceptors (Lipinski definition) is 5. The van der Waals surface area contributed by atoms with Crippen LogP contribution in [0.4, 0.5) is 15.8 Å². The fourth-order valence-corrected chi connectivity index (χ4v) is 3.12. The van der Waals surface area contributed by atoms with Crippen molar-refractivity contribution in [3.63, 3.8) is 0 Å². The predicted octanol–water partition coefficient (Wildman–Crippen LogP) is 2.02. The van der Waals surface area contributed by atoms with Gasteiger partial charge in [0.25, 0.3) is 0 Å². The third-order valence-electron chi connectivity index (χ3n) is 3.37. The van der Waals surface area contributed by atoms with Gasteiger partial charge in [-0.25, -0.2) is 17.6 Å². The van der Waals surface area contributed by atoms with E-state index < -0.39 is 34.3 Å². The highest BCUT2D eigenvalue weighted by molar-refractivity contribution is 7.92. The third kappa shape index (κ3) is 4.79. The molecule has 7 nitrogen and oxygen atoms in total. The molecule has 9 heteroatoms. The second-order valence-electron chi connectivity index (χ2n) is 5.34. The molecule has 0 heterocycles. The van der Waals surface area contributed by atoms with Crippen LogP contribution in [0.25, 0.3) is 0 Å². The largest absolute Gasteiger partial charge is 0.465 e. The average Bonchev–Trinajstić information content (AvgIpc) is 2.58. The van der Waals surface area contributed by atoms with Crippen molar-refractivity contribution in [3.05, 3.63) is 59.9 Å². The molecule has 0 aromatic heterocycles. The zero-order chi connectivity index (χ0) is 19.3. The van der Waals surface area contributed by atoms with Crippen molar-refractivity contribution in [1.82, 2.24) is 0 Å². The third-order valence-corrected chi connectivity index (χ3v) is 4.50. The Labute approximate surface area is 150 Å². The number of rotatable bonds is 6. The zero-order valence-electron chi connectivity index (χ0n) is 14.1. The highest BCUT2D eigenvalue weighted by atomic mass is 32.2. The molecule has 1 amide bonds. The number of methoxy groups -OCH3 is 1. The van der Waals surface area contributed by atoms with Crippen LogP contribution < -0.4 is 9.62 Å². The molecule has 0 bridgehead atoms. The molecule has 0 aliphatic rings. The first-order chi connectivity index (χ1) is 12.2. The SMILES string of the molecule is COC(=O)c1ccccc1N(CC(=O)Nc1cccc(F)c1)S(C)(=O)=O. The summed E-state index contributed by atoms with van der Waals surface area (Å²) in [5.41, 5.74) is 0.194. The van der Waals surface area contributed by atoms with Gasteiger partial charge in [-0.2, -0.15) is 0 Å². The van der Waals surface area contributed by atoms with Gasteiger partial charge >= 0.3 is 5.97 Å². The second-order valence-corrected chi connectivity index (χ2v) is 7.24. The Morgan fingerprint density at radius 1 is 1.15 bits per heavy atom. The number of ether oxygens (including phenoxy) is 1. The highest BCUT2D eigenvalue weighted by Crippen LogP contribution is 2.23. The number of sulfonamides is 1. The number of hydrogen-bond donors (Lipinski definition) is 1. The van der Waals surface area contributed by atoms with Crippen LogP contribution in [-0.2, 0) is 19.6 Å². The fourth-order valence-electron chi connectivity index (χ4n) is 2.25. The molecule has 2 rings (SSSR count). The van der Waals surface area contributed by atoms with Crippen LogP contribution >= 0.6 is 0 Å². The maximum atomic E-state index is 13.2.